The van der Waals surface area contributed by atoms with E-state index < -0.39 is 12.0 Å². The summed E-state index contributed by atoms with van der Waals surface area (Å²) < 4.78 is 0. The highest BCUT2D eigenvalue weighted by Crippen LogP contribution is 2.07. The van der Waals surface area contributed by atoms with Gasteiger partial charge in [-0.15, -0.1) is 0 Å². The summed E-state index contributed by atoms with van der Waals surface area (Å²) >= 11 is 0. The molecule has 0 aliphatic rings. The Morgan fingerprint density at radius 3 is 2.26 bits per heavy atom. The first-order valence-electron chi connectivity index (χ1n) is 6.46. The second kappa shape index (κ2) is 6.92. The lowest BCUT2D eigenvalue weighted by Crippen LogP contribution is -2.42. The Labute approximate surface area is 113 Å². The Bertz CT molecular complexity index is 437. The zero-order valence-corrected chi connectivity index (χ0v) is 11.6. The van der Waals surface area contributed by atoms with Gasteiger partial charge in [0, 0.05) is 12.8 Å². The molecule has 1 amide bonds. The summed E-state index contributed by atoms with van der Waals surface area (Å²) in [5, 5.41) is 11.7. The maximum atomic E-state index is 11.6. The van der Waals surface area contributed by atoms with Crippen molar-refractivity contribution in [2.45, 2.75) is 39.7 Å². The number of nitrogens with one attached hydrogen (secondary N) is 1. The number of hydrogen-bond donors (Lipinski definition) is 2. The topological polar surface area (TPSA) is 66.4 Å². The molecule has 0 fully saturated rings. The molecule has 19 heavy (non-hydrogen) atoms. The molecular formula is C15H21NO3. The summed E-state index contributed by atoms with van der Waals surface area (Å²) in [7, 11) is 0. The Hall–Kier alpha value is -1.84. The first kappa shape index (κ1) is 15.2. The fraction of sp³-hybridized carbons (Fsp3) is 0.467. The van der Waals surface area contributed by atoms with E-state index in [0.29, 0.717) is 12.8 Å². The average molecular weight is 263 g/mol. The van der Waals surface area contributed by atoms with Crippen LogP contribution in [-0.4, -0.2) is 23.0 Å². The fourth-order valence-electron chi connectivity index (χ4n) is 1.78. The number of amides is 1. The number of rotatable bonds is 6. The standard InChI is InChI=1S/C15H21NO3/c1-10(2)8-14(17)16-13(15(18)19)9-12-6-4-11(3)5-7-12/h4-7,10,13H,8-9H2,1-3H3,(H,16,17)(H,18,19)/t13-/m1/s1. The lowest BCUT2D eigenvalue weighted by molar-refractivity contribution is -0.141. The second-order valence-corrected chi connectivity index (χ2v) is 5.25. The van der Waals surface area contributed by atoms with Crippen LogP contribution in [0.5, 0.6) is 0 Å². The van der Waals surface area contributed by atoms with Crippen molar-refractivity contribution in [2.75, 3.05) is 0 Å². The van der Waals surface area contributed by atoms with Crippen molar-refractivity contribution in [3.8, 4) is 0 Å². The van der Waals surface area contributed by atoms with Crippen molar-refractivity contribution >= 4 is 11.9 Å². The minimum Gasteiger partial charge on any atom is -0.480 e. The lowest BCUT2D eigenvalue weighted by atomic mass is 10.0. The predicted octanol–water partition coefficient (Wildman–Crippen LogP) is 2.15. The molecule has 1 aromatic rings. The van der Waals surface area contributed by atoms with Gasteiger partial charge in [-0.05, 0) is 18.4 Å². The van der Waals surface area contributed by atoms with Gasteiger partial charge in [-0.2, -0.15) is 0 Å². The van der Waals surface area contributed by atoms with Gasteiger partial charge in [-0.25, -0.2) is 4.79 Å². The van der Waals surface area contributed by atoms with Crippen LogP contribution in [0.3, 0.4) is 0 Å². The van der Waals surface area contributed by atoms with Crippen LogP contribution in [-0.2, 0) is 16.0 Å². The van der Waals surface area contributed by atoms with E-state index in [2.05, 4.69) is 5.32 Å². The van der Waals surface area contributed by atoms with Crippen molar-refractivity contribution in [1.29, 1.82) is 0 Å². The van der Waals surface area contributed by atoms with E-state index in [9.17, 15) is 9.59 Å². The summed E-state index contributed by atoms with van der Waals surface area (Å²) in [5.74, 6) is -0.999. The second-order valence-electron chi connectivity index (χ2n) is 5.25. The van der Waals surface area contributed by atoms with Crippen molar-refractivity contribution in [3.63, 3.8) is 0 Å². The monoisotopic (exact) mass is 263 g/mol. The summed E-state index contributed by atoms with van der Waals surface area (Å²) in [4.78, 5) is 22.8. The number of benzene rings is 1. The van der Waals surface area contributed by atoms with E-state index in [0.717, 1.165) is 11.1 Å². The molecule has 1 aromatic carbocycles. The largest absolute Gasteiger partial charge is 0.480 e. The molecule has 1 atom stereocenters. The first-order valence-corrected chi connectivity index (χ1v) is 6.46. The molecule has 0 aliphatic carbocycles. The number of carbonyl (C=O) groups is 2. The van der Waals surface area contributed by atoms with Gasteiger partial charge in [0.25, 0.3) is 0 Å². The molecule has 0 heterocycles. The van der Waals surface area contributed by atoms with E-state index in [-0.39, 0.29) is 11.8 Å². The van der Waals surface area contributed by atoms with Crippen LogP contribution in [0.25, 0.3) is 0 Å². The molecule has 4 heteroatoms. The highest BCUT2D eigenvalue weighted by Gasteiger charge is 2.20. The van der Waals surface area contributed by atoms with Crippen molar-refractivity contribution in [1.82, 2.24) is 5.32 Å². The third kappa shape index (κ3) is 5.55. The molecule has 0 bridgehead atoms. The fourth-order valence-corrected chi connectivity index (χ4v) is 1.78. The zero-order chi connectivity index (χ0) is 14.4. The number of aryl methyl sites for hydroxylation is 1. The van der Waals surface area contributed by atoms with Crippen molar-refractivity contribution < 1.29 is 14.7 Å². The minimum atomic E-state index is -1.00. The third-order valence-electron chi connectivity index (χ3n) is 2.79. The van der Waals surface area contributed by atoms with Crippen LogP contribution in [0.15, 0.2) is 24.3 Å². The third-order valence-corrected chi connectivity index (χ3v) is 2.79. The van der Waals surface area contributed by atoms with Crippen LogP contribution in [0.1, 0.15) is 31.4 Å². The van der Waals surface area contributed by atoms with Crippen LogP contribution < -0.4 is 5.32 Å². The maximum absolute atomic E-state index is 11.6. The molecular weight excluding hydrogens is 242 g/mol. The number of hydrogen-bond acceptors (Lipinski definition) is 2. The number of carbonyl (C=O) groups excluding carboxylic acids is 1. The lowest BCUT2D eigenvalue weighted by Gasteiger charge is -2.15. The first-order chi connectivity index (χ1) is 8.88. The van der Waals surface area contributed by atoms with E-state index in [1.807, 2.05) is 45.0 Å². The number of carboxylic acids is 1. The van der Waals surface area contributed by atoms with Crippen LogP contribution in [0, 0.1) is 12.8 Å². The van der Waals surface area contributed by atoms with Gasteiger partial charge < -0.3 is 10.4 Å². The molecule has 4 nitrogen and oxygen atoms in total. The molecule has 2 N–H and O–H groups in total. The maximum Gasteiger partial charge on any atom is 0.326 e. The van der Waals surface area contributed by atoms with Gasteiger partial charge in [0.15, 0.2) is 0 Å². The molecule has 0 saturated heterocycles. The molecule has 1 rings (SSSR count). The van der Waals surface area contributed by atoms with Crippen molar-refractivity contribution in [2.24, 2.45) is 5.92 Å². The Morgan fingerprint density at radius 2 is 1.79 bits per heavy atom. The minimum absolute atomic E-state index is 0.213. The van der Waals surface area contributed by atoms with Gasteiger partial charge in [-0.3, -0.25) is 4.79 Å². The van der Waals surface area contributed by atoms with Crippen molar-refractivity contribution in [3.05, 3.63) is 35.4 Å². The van der Waals surface area contributed by atoms with Crippen LogP contribution in [0.4, 0.5) is 0 Å². The molecule has 0 aliphatic heterocycles. The zero-order valence-electron chi connectivity index (χ0n) is 11.6. The highest BCUT2D eigenvalue weighted by atomic mass is 16.4. The summed E-state index contributed by atoms with van der Waals surface area (Å²) in [6.07, 6.45) is 0.650. The molecule has 0 spiro atoms. The van der Waals surface area contributed by atoms with Crippen LogP contribution >= 0.6 is 0 Å². The summed E-state index contributed by atoms with van der Waals surface area (Å²) in [6.45, 7) is 5.83. The Morgan fingerprint density at radius 1 is 1.21 bits per heavy atom. The molecule has 0 saturated carbocycles. The van der Waals surface area contributed by atoms with E-state index >= 15 is 0 Å². The molecule has 0 unspecified atom stereocenters. The normalized spacial score (nSPS) is 12.2. The quantitative estimate of drug-likeness (QED) is 0.826. The van der Waals surface area contributed by atoms with E-state index in [4.69, 9.17) is 5.11 Å². The SMILES string of the molecule is Cc1ccc(C[C@@H](NC(=O)CC(C)C)C(=O)O)cc1. The van der Waals surface area contributed by atoms with Gasteiger partial charge in [0.05, 0.1) is 0 Å². The van der Waals surface area contributed by atoms with Crippen LogP contribution in [0.2, 0.25) is 0 Å². The van der Waals surface area contributed by atoms with E-state index in [1.54, 1.807) is 0 Å². The average Bonchev–Trinajstić information content (AvgIpc) is 2.29. The Balaban J connectivity index is 2.65. The smallest absolute Gasteiger partial charge is 0.326 e. The van der Waals surface area contributed by atoms with E-state index in [1.165, 1.54) is 0 Å². The molecule has 0 radical (unpaired) electrons. The van der Waals surface area contributed by atoms with Gasteiger partial charge >= 0.3 is 5.97 Å². The van der Waals surface area contributed by atoms with Gasteiger partial charge in [0.1, 0.15) is 6.04 Å². The predicted molar refractivity (Wildman–Crippen MR) is 73.9 cm³/mol. The molecule has 104 valence electrons. The summed E-state index contributed by atoms with van der Waals surface area (Å²) in [5.41, 5.74) is 2.03. The highest BCUT2D eigenvalue weighted by molar-refractivity contribution is 5.83. The Kier molecular flexibility index (Phi) is 5.55. The number of aliphatic carboxylic acids is 1. The number of carboxylic acid groups (broad SMARTS) is 1. The van der Waals surface area contributed by atoms with Gasteiger partial charge in [0.2, 0.25) is 5.91 Å². The van der Waals surface area contributed by atoms with Gasteiger partial charge in [-0.1, -0.05) is 43.7 Å². The molecule has 0 aromatic heterocycles. The summed E-state index contributed by atoms with van der Waals surface area (Å²) in [6, 6.07) is 6.78.